The zero-order valence-electron chi connectivity index (χ0n) is 7.86. The second-order valence-electron chi connectivity index (χ2n) is 2.28. The predicted octanol–water partition coefficient (Wildman–Crippen LogP) is -1.40. The Hall–Kier alpha value is 1.15. The number of rotatable bonds is 6. The van der Waals surface area contributed by atoms with Crippen LogP contribution in [0.2, 0.25) is 0 Å². The van der Waals surface area contributed by atoms with Gasteiger partial charge >= 0.3 is 58.4 Å². The van der Waals surface area contributed by atoms with E-state index in [1.807, 2.05) is 0 Å². The monoisotopic (exact) mass is 222 g/mol. The maximum atomic E-state index is 11.8. The Balaban J connectivity index is 0. The largest absolute Gasteiger partial charge is 1.00 e. The van der Waals surface area contributed by atoms with E-state index in [1.165, 1.54) is 7.11 Å². The van der Waals surface area contributed by atoms with Crippen molar-refractivity contribution in [2.24, 2.45) is 0 Å². The maximum Gasteiger partial charge on any atom is 1.00 e. The average molecular weight is 222 g/mol. The summed E-state index contributed by atoms with van der Waals surface area (Å²) in [6, 6.07) is 0. The molecule has 13 heavy (non-hydrogen) atoms. The molecule has 2 nitrogen and oxygen atoms in total. The van der Waals surface area contributed by atoms with Crippen molar-refractivity contribution in [2.45, 2.75) is 0 Å². The molecule has 0 aliphatic carbocycles. The van der Waals surface area contributed by atoms with Gasteiger partial charge in [-0.05, 0) is 0 Å². The van der Waals surface area contributed by atoms with Crippen LogP contribution in [0, 0.1) is 0 Å². The minimum absolute atomic E-state index is 0. The maximum absolute atomic E-state index is 11.8. The normalized spacial score (nSPS) is 10.8. The van der Waals surface area contributed by atoms with Crippen molar-refractivity contribution in [3.05, 3.63) is 12.1 Å². The first kappa shape index (κ1) is 16.6. The van der Waals surface area contributed by atoms with Crippen LogP contribution in [-0.2, 0) is 9.47 Å². The van der Waals surface area contributed by atoms with Crippen LogP contribution in [0.3, 0.4) is 0 Å². The molecule has 0 aromatic carbocycles. The summed E-state index contributed by atoms with van der Waals surface area (Å²) in [5.74, 6) is 0. The van der Waals surface area contributed by atoms with Gasteiger partial charge in [-0.25, -0.2) is 0 Å². The Morgan fingerprint density at radius 2 is 1.85 bits per heavy atom. The Kier molecular flexibility index (Phi) is 10.8. The third-order valence-electron chi connectivity index (χ3n) is 1.18. The van der Waals surface area contributed by atoms with Crippen molar-refractivity contribution in [3.8, 4) is 0 Å². The van der Waals surface area contributed by atoms with Crippen molar-refractivity contribution in [1.82, 2.24) is 0 Å². The van der Waals surface area contributed by atoms with Crippen LogP contribution in [0.25, 0.3) is 0 Å². The minimum atomic E-state index is -4.95. The summed E-state index contributed by atoms with van der Waals surface area (Å²) in [5, 5.41) is 0. The molecule has 0 unspecified atom stereocenters. The molecule has 7 heteroatoms. The Bertz CT molecular complexity index is 151. The molecule has 0 bridgehead atoms. The van der Waals surface area contributed by atoms with Gasteiger partial charge in [0, 0.05) is 13.7 Å². The second kappa shape index (κ2) is 8.46. The molecule has 0 atom stereocenters. The number of hydrogen-bond donors (Lipinski definition) is 0. The van der Waals surface area contributed by atoms with E-state index < -0.39 is 19.1 Å². The van der Waals surface area contributed by atoms with Gasteiger partial charge in [-0.2, -0.15) is 0 Å². The van der Waals surface area contributed by atoms with Crippen LogP contribution in [-0.4, -0.2) is 33.9 Å². The van der Waals surface area contributed by atoms with Crippen molar-refractivity contribution in [2.75, 3.05) is 26.9 Å². The van der Waals surface area contributed by atoms with Gasteiger partial charge in [0.15, 0.2) is 0 Å². The van der Waals surface area contributed by atoms with Gasteiger partial charge in [-0.1, -0.05) is 0 Å². The molecule has 0 heterocycles. The first-order chi connectivity index (χ1) is 5.48. The summed E-state index contributed by atoms with van der Waals surface area (Å²) in [5.41, 5.74) is -0.814. The topological polar surface area (TPSA) is 18.5 Å². The van der Waals surface area contributed by atoms with Crippen LogP contribution < -0.4 is 51.4 Å². The quantitative estimate of drug-likeness (QED) is 0.406. The number of methoxy groups -OCH3 is 1. The fourth-order valence-electron chi connectivity index (χ4n) is 0.440. The molecule has 0 fully saturated rings. The second-order valence-corrected chi connectivity index (χ2v) is 2.28. The molecule has 0 aromatic rings. The third kappa shape index (κ3) is 9.46. The average Bonchev–Trinajstić information content (AvgIpc) is 1.96. The van der Waals surface area contributed by atoms with Crippen LogP contribution in [0.1, 0.15) is 0 Å². The molecule has 0 N–H and O–H groups in total. The molecular formula is C6H11BF3KO2. The predicted molar refractivity (Wildman–Crippen MR) is 40.9 cm³/mol. The number of halogens is 3. The third-order valence-corrected chi connectivity index (χ3v) is 1.18. The Morgan fingerprint density at radius 3 is 2.23 bits per heavy atom. The number of ether oxygens (including phenoxy) is 2. The van der Waals surface area contributed by atoms with E-state index in [4.69, 9.17) is 0 Å². The van der Waals surface area contributed by atoms with Crippen LogP contribution in [0.4, 0.5) is 12.9 Å². The smallest absolute Gasteiger partial charge is 0.445 e. The molecular weight excluding hydrogens is 211 g/mol. The van der Waals surface area contributed by atoms with E-state index in [1.54, 1.807) is 0 Å². The van der Waals surface area contributed by atoms with E-state index in [2.05, 4.69) is 16.1 Å². The molecule has 0 aliphatic rings. The number of hydrogen-bond acceptors (Lipinski definition) is 2. The van der Waals surface area contributed by atoms with Gasteiger partial charge in [0.1, 0.15) is 0 Å². The van der Waals surface area contributed by atoms with Crippen LogP contribution in [0.5, 0.6) is 0 Å². The summed E-state index contributed by atoms with van der Waals surface area (Å²) in [4.78, 5) is 0. The van der Waals surface area contributed by atoms with Gasteiger partial charge in [0.05, 0.1) is 13.2 Å². The fraction of sp³-hybridized carbons (Fsp3) is 0.667. The Morgan fingerprint density at radius 1 is 1.31 bits per heavy atom. The standard InChI is InChI=1S/C6H11BF3O2.K/c1-6(7(8,9)10)5-12-4-3-11-2;/h1,3-5H2,2H3;/q-1;+1. The van der Waals surface area contributed by atoms with Crippen molar-refractivity contribution >= 4 is 6.98 Å². The van der Waals surface area contributed by atoms with E-state index in [0.717, 1.165) is 0 Å². The molecule has 0 amide bonds. The molecule has 0 saturated heterocycles. The van der Waals surface area contributed by atoms with Crippen molar-refractivity contribution in [1.29, 1.82) is 0 Å². The summed E-state index contributed by atoms with van der Waals surface area (Å²) in [6.07, 6.45) is 0. The van der Waals surface area contributed by atoms with Gasteiger partial charge in [0.25, 0.3) is 0 Å². The first-order valence-electron chi connectivity index (χ1n) is 3.42. The first-order valence-corrected chi connectivity index (χ1v) is 3.42. The SMILES string of the molecule is C=C(COCCOC)[B-](F)(F)F.[K+]. The zero-order valence-corrected chi connectivity index (χ0v) is 11.0. The van der Waals surface area contributed by atoms with Crippen LogP contribution >= 0.6 is 0 Å². The minimum Gasteiger partial charge on any atom is -0.445 e. The van der Waals surface area contributed by atoms with Gasteiger partial charge in [-0.15, -0.1) is 12.1 Å². The molecule has 0 spiro atoms. The summed E-state index contributed by atoms with van der Waals surface area (Å²) in [7, 11) is 1.45. The summed E-state index contributed by atoms with van der Waals surface area (Å²) >= 11 is 0. The Labute approximate surface area is 118 Å². The molecule has 0 rings (SSSR count). The molecule has 0 radical (unpaired) electrons. The molecule has 0 aliphatic heterocycles. The van der Waals surface area contributed by atoms with Gasteiger partial charge < -0.3 is 22.4 Å². The van der Waals surface area contributed by atoms with E-state index in [0.29, 0.717) is 0 Å². The summed E-state index contributed by atoms with van der Waals surface area (Å²) in [6.45, 7) is -2.11. The van der Waals surface area contributed by atoms with Crippen molar-refractivity contribution < 1.29 is 73.8 Å². The van der Waals surface area contributed by atoms with Crippen LogP contribution in [0.15, 0.2) is 12.1 Å². The van der Waals surface area contributed by atoms with Gasteiger partial charge in [0.2, 0.25) is 0 Å². The molecule has 0 aromatic heterocycles. The van der Waals surface area contributed by atoms with E-state index in [-0.39, 0.29) is 64.6 Å². The molecule has 72 valence electrons. The van der Waals surface area contributed by atoms with E-state index in [9.17, 15) is 12.9 Å². The summed E-state index contributed by atoms with van der Waals surface area (Å²) < 4.78 is 44.6. The van der Waals surface area contributed by atoms with E-state index >= 15 is 0 Å². The zero-order chi connectivity index (χ0) is 9.61. The van der Waals surface area contributed by atoms with Gasteiger partial charge in [-0.3, -0.25) is 0 Å². The fourth-order valence-corrected chi connectivity index (χ4v) is 0.440. The van der Waals surface area contributed by atoms with Crippen molar-refractivity contribution in [3.63, 3.8) is 0 Å². The molecule has 0 saturated carbocycles.